The van der Waals surface area contributed by atoms with E-state index >= 15 is 0 Å². The fourth-order valence-electron chi connectivity index (χ4n) is 2.86. The van der Waals surface area contributed by atoms with Gasteiger partial charge in [-0.3, -0.25) is 9.59 Å². The van der Waals surface area contributed by atoms with Gasteiger partial charge in [-0.05, 0) is 31.2 Å². The van der Waals surface area contributed by atoms with Gasteiger partial charge >= 0.3 is 0 Å². The Balaban J connectivity index is 2.05. The predicted molar refractivity (Wildman–Crippen MR) is 81.0 cm³/mol. The van der Waals surface area contributed by atoms with Crippen molar-refractivity contribution in [1.82, 2.24) is 15.2 Å². The lowest BCUT2D eigenvalue weighted by Crippen LogP contribution is -2.40. The maximum Gasteiger partial charge on any atom is 0.268 e. The molecule has 21 heavy (non-hydrogen) atoms. The number of amides is 2. The van der Waals surface area contributed by atoms with E-state index in [-0.39, 0.29) is 17.9 Å². The first-order valence-electron chi connectivity index (χ1n) is 7.05. The number of benzene rings is 1. The molecule has 2 heterocycles. The summed E-state index contributed by atoms with van der Waals surface area (Å²) in [6.45, 7) is 2.95. The number of anilines is 1. The van der Waals surface area contributed by atoms with E-state index in [1.165, 1.54) is 0 Å². The Morgan fingerprint density at radius 1 is 1.48 bits per heavy atom. The minimum Gasteiger partial charge on any atom is -0.399 e. The molecule has 1 aromatic carbocycles. The van der Waals surface area contributed by atoms with Gasteiger partial charge in [-0.25, -0.2) is 0 Å². The van der Waals surface area contributed by atoms with Gasteiger partial charge in [0.2, 0.25) is 5.91 Å². The monoisotopic (exact) mass is 286 g/mol. The van der Waals surface area contributed by atoms with E-state index in [1.54, 1.807) is 0 Å². The van der Waals surface area contributed by atoms with Crippen molar-refractivity contribution in [2.45, 2.75) is 19.4 Å². The van der Waals surface area contributed by atoms with Crippen LogP contribution in [0.4, 0.5) is 5.69 Å². The number of fused-ring (bicyclic) bond motifs is 3. The zero-order valence-electron chi connectivity index (χ0n) is 11.8. The summed E-state index contributed by atoms with van der Waals surface area (Å²) in [7, 11) is 0. The highest BCUT2D eigenvalue weighted by Gasteiger charge is 2.28. The molecule has 6 heteroatoms. The molecule has 6 nitrogen and oxygen atoms in total. The van der Waals surface area contributed by atoms with E-state index in [1.807, 2.05) is 35.8 Å². The maximum absolute atomic E-state index is 12.0. The highest BCUT2D eigenvalue weighted by atomic mass is 16.2. The van der Waals surface area contributed by atoms with Crippen LogP contribution in [0.15, 0.2) is 24.3 Å². The minimum absolute atomic E-state index is 0.0121. The van der Waals surface area contributed by atoms with Gasteiger partial charge in [0.1, 0.15) is 5.69 Å². The summed E-state index contributed by atoms with van der Waals surface area (Å²) in [6.07, 6.45) is 0.343. The number of carbonyl (C=O) groups is 2. The molecule has 0 saturated carbocycles. The van der Waals surface area contributed by atoms with Crippen molar-refractivity contribution in [3.05, 3.63) is 30.0 Å². The van der Waals surface area contributed by atoms with Crippen LogP contribution >= 0.6 is 0 Å². The zero-order chi connectivity index (χ0) is 15.0. The number of aromatic nitrogens is 1. The Morgan fingerprint density at radius 3 is 3.05 bits per heavy atom. The highest BCUT2D eigenvalue weighted by molar-refractivity contribution is 6.00. The molecule has 1 unspecified atom stereocenters. The van der Waals surface area contributed by atoms with Crippen LogP contribution in [0.2, 0.25) is 0 Å². The normalized spacial score (nSPS) is 17.4. The lowest BCUT2D eigenvalue weighted by molar-refractivity contribution is -0.121. The molecule has 1 aliphatic rings. The lowest BCUT2D eigenvalue weighted by atomic mass is 10.1. The Labute approximate surface area is 122 Å². The average molecular weight is 286 g/mol. The molecule has 0 bridgehead atoms. The van der Waals surface area contributed by atoms with Crippen LogP contribution in [0, 0.1) is 0 Å². The molecule has 0 saturated heterocycles. The van der Waals surface area contributed by atoms with Crippen molar-refractivity contribution in [1.29, 1.82) is 0 Å². The molecule has 0 radical (unpaired) electrons. The fraction of sp³-hybridized carbons (Fsp3) is 0.333. The zero-order valence-corrected chi connectivity index (χ0v) is 11.8. The van der Waals surface area contributed by atoms with Crippen molar-refractivity contribution in [2.75, 3.05) is 18.8 Å². The highest BCUT2D eigenvalue weighted by Crippen LogP contribution is 2.29. The third-order valence-electron chi connectivity index (χ3n) is 3.75. The molecule has 2 aromatic rings. The van der Waals surface area contributed by atoms with Gasteiger partial charge in [0.15, 0.2) is 0 Å². The molecule has 1 aromatic heterocycles. The number of rotatable bonds is 3. The Morgan fingerprint density at radius 2 is 2.29 bits per heavy atom. The summed E-state index contributed by atoms with van der Waals surface area (Å²) in [4.78, 5) is 23.9. The molecule has 0 fully saturated rings. The van der Waals surface area contributed by atoms with Gasteiger partial charge < -0.3 is 20.9 Å². The summed E-state index contributed by atoms with van der Waals surface area (Å²) in [6, 6.07) is 7.30. The van der Waals surface area contributed by atoms with Gasteiger partial charge in [-0.15, -0.1) is 0 Å². The molecule has 0 aliphatic carbocycles. The van der Waals surface area contributed by atoms with E-state index < -0.39 is 0 Å². The smallest absolute Gasteiger partial charge is 0.268 e. The van der Waals surface area contributed by atoms with E-state index in [4.69, 9.17) is 5.73 Å². The Hall–Kier alpha value is -2.50. The van der Waals surface area contributed by atoms with Crippen molar-refractivity contribution in [3.8, 4) is 0 Å². The largest absolute Gasteiger partial charge is 0.399 e. The molecule has 4 N–H and O–H groups in total. The first-order chi connectivity index (χ1) is 10.1. The Bertz CT molecular complexity index is 720. The topological polar surface area (TPSA) is 89.2 Å². The fourth-order valence-corrected chi connectivity index (χ4v) is 2.86. The van der Waals surface area contributed by atoms with Crippen LogP contribution in [0.3, 0.4) is 0 Å². The van der Waals surface area contributed by atoms with Crippen molar-refractivity contribution >= 4 is 28.4 Å². The summed E-state index contributed by atoms with van der Waals surface area (Å²) < 4.78 is 1.95. The summed E-state index contributed by atoms with van der Waals surface area (Å²) in [5, 5.41) is 6.56. The first-order valence-corrected chi connectivity index (χ1v) is 7.05. The Kier molecular flexibility index (Phi) is 3.29. The molecule has 1 aliphatic heterocycles. The third-order valence-corrected chi connectivity index (χ3v) is 3.75. The van der Waals surface area contributed by atoms with Crippen LogP contribution in [0.1, 0.15) is 29.9 Å². The second-order valence-corrected chi connectivity index (χ2v) is 5.24. The maximum atomic E-state index is 12.0. The van der Waals surface area contributed by atoms with Gasteiger partial charge in [0.05, 0.1) is 6.04 Å². The SMILES string of the molecule is CCNC(=O)CC1CNC(=O)c2cc3cc(N)ccc3n21. The van der Waals surface area contributed by atoms with E-state index in [9.17, 15) is 9.59 Å². The molecule has 2 amide bonds. The van der Waals surface area contributed by atoms with Crippen LogP contribution in [-0.4, -0.2) is 29.5 Å². The van der Waals surface area contributed by atoms with Crippen LogP contribution in [0.25, 0.3) is 10.9 Å². The van der Waals surface area contributed by atoms with Crippen LogP contribution in [-0.2, 0) is 4.79 Å². The van der Waals surface area contributed by atoms with Gasteiger partial charge in [-0.2, -0.15) is 0 Å². The molecule has 0 spiro atoms. The number of hydrogen-bond acceptors (Lipinski definition) is 3. The quantitative estimate of drug-likeness (QED) is 0.736. The van der Waals surface area contributed by atoms with E-state index in [0.29, 0.717) is 30.9 Å². The van der Waals surface area contributed by atoms with Crippen LogP contribution < -0.4 is 16.4 Å². The lowest BCUT2D eigenvalue weighted by Gasteiger charge is -2.27. The molecular weight excluding hydrogens is 268 g/mol. The standard InChI is InChI=1S/C15H18N4O2/c1-2-17-14(20)7-11-8-18-15(21)13-6-9-5-10(16)3-4-12(9)19(11)13/h3-6,11H,2,7-8,16H2,1H3,(H,17,20)(H,18,21). The van der Waals surface area contributed by atoms with Crippen molar-refractivity contribution < 1.29 is 9.59 Å². The van der Waals surface area contributed by atoms with Crippen molar-refractivity contribution in [3.63, 3.8) is 0 Å². The average Bonchev–Trinajstić information content (AvgIpc) is 2.81. The third kappa shape index (κ3) is 2.33. The second kappa shape index (κ2) is 5.12. The van der Waals surface area contributed by atoms with Gasteiger partial charge in [-0.1, -0.05) is 0 Å². The number of nitrogens with zero attached hydrogens (tertiary/aromatic N) is 1. The summed E-state index contributed by atoms with van der Waals surface area (Å²) >= 11 is 0. The molecule has 3 rings (SSSR count). The number of nitrogens with one attached hydrogen (secondary N) is 2. The van der Waals surface area contributed by atoms with Crippen molar-refractivity contribution in [2.24, 2.45) is 0 Å². The number of hydrogen-bond donors (Lipinski definition) is 3. The van der Waals surface area contributed by atoms with E-state index in [2.05, 4.69) is 10.6 Å². The predicted octanol–water partition coefficient (Wildman–Crippen LogP) is 1.03. The number of nitrogen functional groups attached to an aromatic ring is 1. The molecule has 110 valence electrons. The van der Waals surface area contributed by atoms with Gasteiger partial charge in [0.25, 0.3) is 5.91 Å². The second-order valence-electron chi connectivity index (χ2n) is 5.24. The number of nitrogens with two attached hydrogens (primary N) is 1. The number of carbonyl (C=O) groups excluding carboxylic acids is 2. The van der Waals surface area contributed by atoms with Crippen LogP contribution in [0.5, 0.6) is 0 Å². The van der Waals surface area contributed by atoms with Gasteiger partial charge in [0, 0.05) is 36.1 Å². The molecule has 1 atom stereocenters. The first kappa shape index (κ1) is 13.5. The summed E-state index contributed by atoms with van der Waals surface area (Å²) in [5.41, 5.74) is 7.97. The molecular formula is C15H18N4O2. The van der Waals surface area contributed by atoms with E-state index in [0.717, 1.165) is 10.9 Å². The minimum atomic E-state index is -0.114. The summed E-state index contributed by atoms with van der Waals surface area (Å²) in [5.74, 6) is -0.126.